The Balaban J connectivity index is 1.77. The van der Waals surface area contributed by atoms with E-state index >= 15 is 0 Å². The van der Waals surface area contributed by atoms with Gasteiger partial charge in [-0.2, -0.15) is 0 Å². The maximum atomic E-state index is 12.5. The van der Waals surface area contributed by atoms with Crippen LogP contribution < -0.4 is 5.32 Å². The number of carbonyl (C=O) groups excluding carboxylic acids is 1. The zero-order valence-corrected chi connectivity index (χ0v) is 12.8. The number of nitrogens with one attached hydrogen (secondary N) is 1. The third-order valence-electron chi connectivity index (χ3n) is 5.03. The van der Waals surface area contributed by atoms with Crippen molar-refractivity contribution in [2.45, 2.75) is 39.2 Å². The van der Waals surface area contributed by atoms with Gasteiger partial charge in [-0.25, -0.2) is 0 Å². The Morgan fingerprint density at radius 2 is 1.81 bits per heavy atom. The van der Waals surface area contributed by atoms with Gasteiger partial charge in [-0.3, -0.25) is 4.79 Å². The standard InChI is InChI=1S/C19H23NO/c1-13-6-5-9-18(14(13)2)20-19(21)17-11-10-15-7-3-4-8-16(15)12-17/h3-4,7-8,10-14,18H,5-6,9H2,1-2H3,(H,20,21)/t13-,14-,18+/m1/s1. The SMILES string of the molecule is C[C@@H]1[C@H](C)CCC[C@@H]1NC(=O)c1ccc2ccccc2c1. The first-order valence-corrected chi connectivity index (χ1v) is 7.95. The predicted molar refractivity (Wildman–Crippen MR) is 87.4 cm³/mol. The molecule has 0 bridgehead atoms. The lowest BCUT2D eigenvalue weighted by atomic mass is 9.78. The van der Waals surface area contributed by atoms with E-state index in [0.29, 0.717) is 17.9 Å². The normalized spacial score (nSPS) is 25.7. The molecule has 0 aromatic heterocycles. The molecule has 0 unspecified atom stereocenters. The summed E-state index contributed by atoms with van der Waals surface area (Å²) in [7, 11) is 0. The highest BCUT2D eigenvalue weighted by molar-refractivity contribution is 5.98. The minimum absolute atomic E-state index is 0.0618. The van der Waals surface area contributed by atoms with Crippen LogP contribution in [0.1, 0.15) is 43.5 Å². The molecule has 0 spiro atoms. The van der Waals surface area contributed by atoms with Crippen LogP contribution in [0.4, 0.5) is 0 Å². The van der Waals surface area contributed by atoms with Gasteiger partial charge >= 0.3 is 0 Å². The highest BCUT2D eigenvalue weighted by Gasteiger charge is 2.28. The molecular formula is C19H23NO. The Morgan fingerprint density at radius 1 is 1.05 bits per heavy atom. The number of benzene rings is 2. The van der Waals surface area contributed by atoms with Crippen LogP contribution in [0.25, 0.3) is 10.8 Å². The third-order valence-corrected chi connectivity index (χ3v) is 5.03. The molecule has 2 nitrogen and oxygen atoms in total. The highest BCUT2D eigenvalue weighted by Crippen LogP contribution is 2.29. The fourth-order valence-corrected chi connectivity index (χ4v) is 3.37. The molecule has 21 heavy (non-hydrogen) atoms. The quantitative estimate of drug-likeness (QED) is 0.868. The topological polar surface area (TPSA) is 29.1 Å². The van der Waals surface area contributed by atoms with Gasteiger partial charge in [-0.05, 0) is 41.2 Å². The maximum absolute atomic E-state index is 12.5. The van der Waals surface area contributed by atoms with Crippen LogP contribution in [0.5, 0.6) is 0 Å². The molecule has 1 aliphatic carbocycles. The van der Waals surface area contributed by atoms with Crippen molar-refractivity contribution in [2.24, 2.45) is 11.8 Å². The molecule has 2 heteroatoms. The molecule has 0 saturated heterocycles. The predicted octanol–water partition coefficient (Wildman–Crippen LogP) is 4.39. The number of hydrogen-bond donors (Lipinski definition) is 1. The van der Waals surface area contributed by atoms with Crippen LogP contribution in [-0.2, 0) is 0 Å². The van der Waals surface area contributed by atoms with Crippen molar-refractivity contribution < 1.29 is 4.79 Å². The molecule has 1 aliphatic rings. The molecule has 3 rings (SSSR count). The van der Waals surface area contributed by atoms with Crippen LogP contribution in [-0.4, -0.2) is 11.9 Å². The Bertz CT molecular complexity index is 649. The number of amides is 1. The van der Waals surface area contributed by atoms with Crippen molar-refractivity contribution in [2.75, 3.05) is 0 Å². The van der Waals surface area contributed by atoms with Gasteiger partial charge in [0.15, 0.2) is 0 Å². The van der Waals surface area contributed by atoms with Crippen molar-refractivity contribution in [1.82, 2.24) is 5.32 Å². The second kappa shape index (κ2) is 5.88. The van der Waals surface area contributed by atoms with Gasteiger partial charge in [0.05, 0.1) is 0 Å². The van der Waals surface area contributed by atoms with E-state index in [9.17, 15) is 4.79 Å². The number of fused-ring (bicyclic) bond motifs is 1. The van der Waals surface area contributed by atoms with Gasteiger partial charge in [0.1, 0.15) is 0 Å². The first-order valence-electron chi connectivity index (χ1n) is 7.95. The first kappa shape index (κ1) is 14.1. The fraction of sp³-hybridized carbons (Fsp3) is 0.421. The molecule has 3 atom stereocenters. The van der Waals surface area contributed by atoms with E-state index in [4.69, 9.17) is 0 Å². The van der Waals surface area contributed by atoms with Crippen molar-refractivity contribution in [3.8, 4) is 0 Å². The van der Waals surface area contributed by atoms with E-state index in [1.807, 2.05) is 30.3 Å². The summed E-state index contributed by atoms with van der Waals surface area (Å²) in [5.41, 5.74) is 0.763. The summed E-state index contributed by atoms with van der Waals surface area (Å²) in [6, 6.07) is 14.4. The van der Waals surface area contributed by atoms with Crippen molar-refractivity contribution in [3.05, 3.63) is 48.0 Å². The molecule has 1 N–H and O–H groups in total. The zero-order valence-electron chi connectivity index (χ0n) is 12.8. The monoisotopic (exact) mass is 281 g/mol. The van der Waals surface area contributed by atoms with E-state index in [0.717, 1.165) is 17.4 Å². The number of hydrogen-bond acceptors (Lipinski definition) is 1. The highest BCUT2D eigenvalue weighted by atomic mass is 16.1. The van der Waals surface area contributed by atoms with Crippen LogP contribution in [0.2, 0.25) is 0 Å². The molecule has 0 radical (unpaired) electrons. The van der Waals surface area contributed by atoms with E-state index in [-0.39, 0.29) is 5.91 Å². The minimum Gasteiger partial charge on any atom is -0.349 e. The molecule has 1 fully saturated rings. The van der Waals surface area contributed by atoms with Crippen LogP contribution in [0, 0.1) is 11.8 Å². The molecule has 110 valence electrons. The van der Waals surface area contributed by atoms with Crippen molar-refractivity contribution in [3.63, 3.8) is 0 Å². The molecule has 1 amide bonds. The Morgan fingerprint density at radius 3 is 2.62 bits per heavy atom. The Labute approximate surface area is 126 Å². The van der Waals surface area contributed by atoms with Gasteiger partial charge in [-0.15, -0.1) is 0 Å². The van der Waals surface area contributed by atoms with Gasteiger partial charge < -0.3 is 5.32 Å². The third kappa shape index (κ3) is 2.94. The average molecular weight is 281 g/mol. The van der Waals surface area contributed by atoms with Crippen LogP contribution in [0.3, 0.4) is 0 Å². The summed E-state index contributed by atoms with van der Waals surface area (Å²) >= 11 is 0. The summed E-state index contributed by atoms with van der Waals surface area (Å²) in [5, 5.41) is 5.54. The minimum atomic E-state index is 0.0618. The van der Waals surface area contributed by atoms with E-state index in [1.54, 1.807) is 0 Å². The summed E-state index contributed by atoms with van der Waals surface area (Å²) < 4.78 is 0. The Kier molecular flexibility index (Phi) is 3.96. The molecule has 0 aliphatic heterocycles. The van der Waals surface area contributed by atoms with Crippen molar-refractivity contribution >= 4 is 16.7 Å². The number of carbonyl (C=O) groups is 1. The summed E-state index contributed by atoms with van der Waals surface area (Å²) in [6.45, 7) is 4.55. The summed E-state index contributed by atoms with van der Waals surface area (Å²) in [5.74, 6) is 1.32. The molecule has 0 heterocycles. The molecule has 2 aromatic rings. The zero-order chi connectivity index (χ0) is 14.8. The van der Waals surface area contributed by atoms with Gasteiger partial charge in [-0.1, -0.05) is 57.0 Å². The van der Waals surface area contributed by atoms with Crippen molar-refractivity contribution in [1.29, 1.82) is 0 Å². The largest absolute Gasteiger partial charge is 0.349 e. The van der Waals surface area contributed by atoms with E-state index in [1.165, 1.54) is 18.2 Å². The lowest BCUT2D eigenvalue weighted by Crippen LogP contribution is -2.43. The van der Waals surface area contributed by atoms with Crippen LogP contribution in [0.15, 0.2) is 42.5 Å². The van der Waals surface area contributed by atoms with E-state index < -0.39 is 0 Å². The summed E-state index contributed by atoms with van der Waals surface area (Å²) in [4.78, 5) is 12.5. The smallest absolute Gasteiger partial charge is 0.251 e. The lowest BCUT2D eigenvalue weighted by Gasteiger charge is -2.34. The Hall–Kier alpha value is -1.83. The maximum Gasteiger partial charge on any atom is 0.251 e. The molecular weight excluding hydrogens is 258 g/mol. The molecule has 2 aromatic carbocycles. The molecule has 1 saturated carbocycles. The van der Waals surface area contributed by atoms with Gasteiger partial charge in [0.25, 0.3) is 5.91 Å². The second-order valence-corrected chi connectivity index (χ2v) is 6.41. The summed E-state index contributed by atoms with van der Waals surface area (Å²) in [6.07, 6.45) is 3.60. The second-order valence-electron chi connectivity index (χ2n) is 6.41. The first-order chi connectivity index (χ1) is 10.1. The van der Waals surface area contributed by atoms with Gasteiger partial charge in [0.2, 0.25) is 0 Å². The van der Waals surface area contributed by atoms with E-state index in [2.05, 4.69) is 31.3 Å². The average Bonchev–Trinajstić information content (AvgIpc) is 2.51. The fourth-order valence-electron chi connectivity index (χ4n) is 3.37. The van der Waals surface area contributed by atoms with Crippen LogP contribution >= 0.6 is 0 Å². The lowest BCUT2D eigenvalue weighted by molar-refractivity contribution is 0.0891. The number of rotatable bonds is 2. The van der Waals surface area contributed by atoms with Gasteiger partial charge in [0, 0.05) is 11.6 Å².